The molecule has 6 heteroatoms. The highest BCUT2D eigenvalue weighted by Crippen LogP contribution is 2.30. The van der Waals surface area contributed by atoms with E-state index in [2.05, 4.69) is 15.6 Å². The Balaban J connectivity index is 2.02. The quantitative estimate of drug-likeness (QED) is 0.808. The number of pyridine rings is 1. The molecule has 0 aliphatic rings. The van der Waals surface area contributed by atoms with Gasteiger partial charge in [-0.1, -0.05) is 13.8 Å². The molecule has 0 fully saturated rings. The first-order valence-corrected chi connectivity index (χ1v) is 7.76. The molecule has 128 valence electrons. The van der Waals surface area contributed by atoms with E-state index < -0.39 is 0 Å². The zero-order valence-electron chi connectivity index (χ0n) is 14.4. The Morgan fingerprint density at radius 2 is 1.79 bits per heavy atom. The number of benzene rings is 1. The van der Waals surface area contributed by atoms with Crippen molar-refractivity contribution in [3.8, 4) is 11.5 Å². The van der Waals surface area contributed by atoms with Gasteiger partial charge in [0.05, 0.1) is 26.1 Å². The minimum absolute atomic E-state index is 0.00704. The van der Waals surface area contributed by atoms with E-state index >= 15 is 0 Å². The molecular weight excluding hydrogens is 306 g/mol. The fourth-order valence-corrected chi connectivity index (χ4v) is 2.19. The summed E-state index contributed by atoms with van der Waals surface area (Å²) in [4.78, 5) is 16.1. The summed E-state index contributed by atoms with van der Waals surface area (Å²) in [6.07, 6.45) is 2.12. The van der Waals surface area contributed by atoms with Crippen molar-refractivity contribution in [2.45, 2.75) is 20.3 Å². The minimum atomic E-state index is -0.00704. The molecule has 1 amide bonds. The monoisotopic (exact) mass is 329 g/mol. The Kier molecular flexibility index (Phi) is 6.01. The average Bonchev–Trinajstić information content (AvgIpc) is 2.55. The van der Waals surface area contributed by atoms with E-state index in [1.165, 1.54) is 0 Å². The predicted molar refractivity (Wildman–Crippen MR) is 95.2 cm³/mol. The van der Waals surface area contributed by atoms with Crippen molar-refractivity contribution >= 4 is 23.1 Å². The highest BCUT2D eigenvalue weighted by Gasteiger charge is 2.07. The second kappa shape index (κ2) is 8.19. The van der Waals surface area contributed by atoms with Crippen LogP contribution in [0.1, 0.15) is 20.3 Å². The van der Waals surface area contributed by atoms with Crippen molar-refractivity contribution in [2.24, 2.45) is 5.92 Å². The molecule has 0 saturated carbocycles. The fraction of sp³-hybridized carbons (Fsp3) is 0.333. The maximum Gasteiger partial charge on any atom is 0.224 e. The van der Waals surface area contributed by atoms with E-state index in [0.29, 0.717) is 35.3 Å². The van der Waals surface area contributed by atoms with Crippen LogP contribution in [-0.4, -0.2) is 25.1 Å². The van der Waals surface area contributed by atoms with Crippen LogP contribution in [0.5, 0.6) is 11.5 Å². The summed E-state index contributed by atoms with van der Waals surface area (Å²) in [5.74, 6) is 2.29. The normalized spacial score (nSPS) is 10.4. The topological polar surface area (TPSA) is 72.5 Å². The lowest BCUT2D eigenvalue weighted by Gasteiger charge is -2.11. The van der Waals surface area contributed by atoms with Gasteiger partial charge in [0, 0.05) is 18.2 Å². The Bertz CT molecular complexity index is 684. The van der Waals surface area contributed by atoms with Crippen molar-refractivity contribution in [1.29, 1.82) is 0 Å². The first-order valence-electron chi connectivity index (χ1n) is 7.76. The Morgan fingerprint density at radius 1 is 1.08 bits per heavy atom. The summed E-state index contributed by atoms with van der Waals surface area (Å²) in [5.41, 5.74) is 1.51. The van der Waals surface area contributed by atoms with Gasteiger partial charge in [-0.05, 0) is 30.2 Å². The highest BCUT2D eigenvalue weighted by atomic mass is 16.5. The lowest BCUT2D eigenvalue weighted by Crippen LogP contribution is -2.13. The molecule has 0 unspecified atom stereocenters. The van der Waals surface area contributed by atoms with Crippen LogP contribution in [-0.2, 0) is 4.79 Å². The van der Waals surface area contributed by atoms with Crippen molar-refractivity contribution in [1.82, 2.24) is 4.98 Å². The van der Waals surface area contributed by atoms with Gasteiger partial charge in [-0.15, -0.1) is 0 Å². The fourth-order valence-electron chi connectivity index (χ4n) is 2.19. The second-order valence-corrected chi connectivity index (χ2v) is 5.77. The molecule has 0 atom stereocenters. The van der Waals surface area contributed by atoms with Gasteiger partial charge in [0.1, 0.15) is 5.82 Å². The number of rotatable bonds is 7. The highest BCUT2D eigenvalue weighted by molar-refractivity contribution is 5.90. The zero-order valence-corrected chi connectivity index (χ0v) is 14.4. The summed E-state index contributed by atoms with van der Waals surface area (Å²) in [6, 6.07) is 9.15. The molecule has 0 aliphatic carbocycles. The largest absolute Gasteiger partial charge is 0.493 e. The van der Waals surface area contributed by atoms with E-state index in [0.717, 1.165) is 5.69 Å². The Labute approximate surface area is 142 Å². The number of aromatic nitrogens is 1. The number of amides is 1. The predicted octanol–water partition coefficient (Wildman–Crippen LogP) is 3.83. The van der Waals surface area contributed by atoms with Gasteiger partial charge in [-0.25, -0.2) is 4.98 Å². The van der Waals surface area contributed by atoms with E-state index in [-0.39, 0.29) is 5.91 Å². The van der Waals surface area contributed by atoms with Gasteiger partial charge in [-0.3, -0.25) is 4.79 Å². The number of anilines is 3. The molecule has 1 aromatic carbocycles. The molecule has 0 bridgehead atoms. The molecule has 24 heavy (non-hydrogen) atoms. The SMILES string of the molecule is COc1ccc(Nc2ccc(NC(=O)CC(C)C)cn2)cc1OC. The number of methoxy groups -OCH3 is 2. The third-order valence-corrected chi connectivity index (χ3v) is 3.30. The molecule has 2 aromatic rings. The van der Waals surface area contributed by atoms with Crippen LogP contribution in [0.3, 0.4) is 0 Å². The number of carbonyl (C=O) groups excluding carboxylic acids is 1. The molecule has 0 radical (unpaired) electrons. The summed E-state index contributed by atoms with van der Waals surface area (Å²) in [6.45, 7) is 4.02. The number of ether oxygens (including phenoxy) is 2. The van der Waals surface area contributed by atoms with Crippen LogP contribution < -0.4 is 20.1 Å². The van der Waals surface area contributed by atoms with Gasteiger partial charge in [0.15, 0.2) is 11.5 Å². The van der Waals surface area contributed by atoms with E-state index in [1.807, 2.05) is 44.2 Å². The molecule has 0 spiro atoms. The standard InChI is InChI=1S/C18H23N3O3/c1-12(2)9-18(22)21-14-6-8-17(19-11-14)20-13-5-7-15(23-3)16(10-13)24-4/h5-8,10-12H,9H2,1-4H3,(H,19,20)(H,21,22). The van der Waals surface area contributed by atoms with E-state index in [9.17, 15) is 4.79 Å². The maximum absolute atomic E-state index is 11.7. The van der Waals surface area contributed by atoms with Crippen molar-refractivity contribution < 1.29 is 14.3 Å². The number of carbonyl (C=O) groups is 1. The lowest BCUT2D eigenvalue weighted by atomic mass is 10.1. The second-order valence-electron chi connectivity index (χ2n) is 5.77. The van der Waals surface area contributed by atoms with Crippen molar-refractivity contribution in [3.63, 3.8) is 0 Å². The van der Waals surface area contributed by atoms with E-state index in [1.54, 1.807) is 20.4 Å². The van der Waals surface area contributed by atoms with Crippen LogP contribution in [0.2, 0.25) is 0 Å². The first kappa shape index (κ1) is 17.6. The lowest BCUT2D eigenvalue weighted by molar-refractivity contribution is -0.116. The van der Waals surface area contributed by atoms with Gasteiger partial charge >= 0.3 is 0 Å². The van der Waals surface area contributed by atoms with Crippen molar-refractivity contribution in [3.05, 3.63) is 36.5 Å². The first-order chi connectivity index (χ1) is 11.5. The summed E-state index contributed by atoms with van der Waals surface area (Å²) >= 11 is 0. The minimum Gasteiger partial charge on any atom is -0.493 e. The van der Waals surface area contributed by atoms with Crippen LogP contribution >= 0.6 is 0 Å². The molecule has 2 N–H and O–H groups in total. The molecular formula is C18H23N3O3. The summed E-state index contributed by atoms with van der Waals surface area (Å²) in [5, 5.41) is 6.02. The van der Waals surface area contributed by atoms with Gasteiger partial charge in [0.25, 0.3) is 0 Å². The Hall–Kier alpha value is -2.76. The van der Waals surface area contributed by atoms with Crippen LogP contribution in [0, 0.1) is 5.92 Å². The Morgan fingerprint density at radius 3 is 2.38 bits per heavy atom. The molecule has 6 nitrogen and oxygen atoms in total. The van der Waals surface area contributed by atoms with Gasteiger partial charge in [-0.2, -0.15) is 0 Å². The average molecular weight is 329 g/mol. The molecule has 1 aromatic heterocycles. The summed E-state index contributed by atoms with van der Waals surface area (Å²) < 4.78 is 10.5. The molecule has 0 saturated heterocycles. The molecule has 1 heterocycles. The third kappa shape index (κ3) is 4.87. The number of hydrogen-bond acceptors (Lipinski definition) is 5. The number of nitrogens with zero attached hydrogens (tertiary/aromatic N) is 1. The molecule has 0 aliphatic heterocycles. The molecule has 2 rings (SSSR count). The maximum atomic E-state index is 11.7. The van der Waals surface area contributed by atoms with Crippen molar-refractivity contribution in [2.75, 3.05) is 24.9 Å². The van der Waals surface area contributed by atoms with Crippen LogP contribution in [0.4, 0.5) is 17.2 Å². The van der Waals surface area contributed by atoms with Gasteiger partial charge in [0.2, 0.25) is 5.91 Å². The smallest absolute Gasteiger partial charge is 0.224 e. The number of nitrogens with one attached hydrogen (secondary N) is 2. The van der Waals surface area contributed by atoms with Crippen LogP contribution in [0.15, 0.2) is 36.5 Å². The number of hydrogen-bond donors (Lipinski definition) is 2. The van der Waals surface area contributed by atoms with E-state index in [4.69, 9.17) is 9.47 Å². The third-order valence-electron chi connectivity index (χ3n) is 3.30. The van der Waals surface area contributed by atoms with Gasteiger partial charge < -0.3 is 20.1 Å². The van der Waals surface area contributed by atoms with Crippen LogP contribution in [0.25, 0.3) is 0 Å². The summed E-state index contributed by atoms with van der Waals surface area (Å²) in [7, 11) is 3.19. The zero-order chi connectivity index (χ0) is 17.5.